The van der Waals surface area contributed by atoms with E-state index in [-0.39, 0.29) is 6.61 Å². The average Bonchev–Trinajstić information content (AvgIpc) is 2.71. The van der Waals surface area contributed by atoms with Gasteiger partial charge in [-0.15, -0.1) is 0 Å². The van der Waals surface area contributed by atoms with Crippen LogP contribution >= 0.6 is 0 Å². The molecule has 104 valence electrons. The van der Waals surface area contributed by atoms with Crippen LogP contribution in [-0.2, 0) is 17.7 Å². The second-order valence-electron chi connectivity index (χ2n) is 4.25. The molecule has 0 unspecified atom stereocenters. The van der Waals surface area contributed by atoms with Gasteiger partial charge in [-0.3, -0.25) is 0 Å². The molecule has 0 saturated heterocycles. The van der Waals surface area contributed by atoms with Crippen LogP contribution in [0.2, 0.25) is 0 Å². The third kappa shape index (κ3) is 3.20. The summed E-state index contributed by atoms with van der Waals surface area (Å²) in [5.74, 6) is 0.904. The van der Waals surface area contributed by atoms with E-state index in [4.69, 9.17) is 10.5 Å². The molecule has 0 aliphatic heterocycles. The van der Waals surface area contributed by atoms with Crippen molar-refractivity contribution in [1.29, 1.82) is 0 Å². The summed E-state index contributed by atoms with van der Waals surface area (Å²) in [4.78, 5) is 4.49. The summed E-state index contributed by atoms with van der Waals surface area (Å²) in [5.41, 5.74) is 8.16. The zero-order chi connectivity index (χ0) is 13.8. The molecule has 0 atom stereocenters. The Morgan fingerprint density at radius 1 is 1.42 bits per heavy atom. The van der Waals surface area contributed by atoms with Gasteiger partial charge in [0.05, 0.1) is 17.6 Å². The SMILES string of the molecule is CCc1nc2cc(N)ccc2n1CCOCC(F)F. The van der Waals surface area contributed by atoms with Crippen molar-refractivity contribution in [1.82, 2.24) is 9.55 Å². The van der Waals surface area contributed by atoms with E-state index in [0.717, 1.165) is 23.3 Å². The zero-order valence-corrected chi connectivity index (χ0v) is 10.8. The summed E-state index contributed by atoms with van der Waals surface area (Å²) >= 11 is 0. The van der Waals surface area contributed by atoms with Gasteiger partial charge in [-0.2, -0.15) is 0 Å². The molecule has 0 radical (unpaired) electrons. The van der Waals surface area contributed by atoms with Gasteiger partial charge in [-0.25, -0.2) is 13.8 Å². The molecule has 0 amide bonds. The van der Waals surface area contributed by atoms with Crippen LogP contribution in [0, 0.1) is 0 Å². The van der Waals surface area contributed by atoms with Gasteiger partial charge in [-0.1, -0.05) is 6.92 Å². The molecule has 1 aromatic carbocycles. The summed E-state index contributed by atoms with van der Waals surface area (Å²) in [6.45, 7) is 2.23. The van der Waals surface area contributed by atoms with E-state index in [2.05, 4.69) is 4.98 Å². The Labute approximate surface area is 110 Å². The van der Waals surface area contributed by atoms with Crippen LogP contribution in [0.3, 0.4) is 0 Å². The molecular weight excluding hydrogens is 252 g/mol. The molecule has 2 N–H and O–H groups in total. The minimum absolute atomic E-state index is 0.243. The first-order valence-electron chi connectivity index (χ1n) is 6.22. The Hall–Kier alpha value is -1.69. The first-order chi connectivity index (χ1) is 9.11. The van der Waals surface area contributed by atoms with Crippen molar-refractivity contribution in [2.75, 3.05) is 18.9 Å². The number of hydrogen-bond acceptors (Lipinski definition) is 3. The fourth-order valence-electron chi connectivity index (χ4n) is 2.04. The minimum atomic E-state index is -2.43. The second-order valence-corrected chi connectivity index (χ2v) is 4.25. The Balaban J connectivity index is 2.16. The largest absolute Gasteiger partial charge is 0.399 e. The summed E-state index contributed by atoms with van der Waals surface area (Å²) in [7, 11) is 0. The first kappa shape index (κ1) is 13.7. The molecular formula is C13H17F2N3O. The van der Waals surface area contributed by atoms with Gasteiger partial charge in [0.25, 0.3) is 6.43 Å². The van der Waals surface area contributed by atoms with E-state index >= 15 is 0 Å². The lowest BCUT2D eigenvalue weighted by molar-refractivity contribution is 0.0148. The van der Waals surface area contributed by atoms with Gasteiger partial charge in [0.2, 0.25) is 0 Å². The van der Waals surface area contributed by atoms with Crippen LogP contribution in [0.1, 0.15) is 12.7 Å². The number of aromatic nitrogens is 2. The molecule has 0 bridgehead atoms. The lowest BCUT2D eigenvalue weighted by atomic mass is 10.3. The van der Waals surface area contributed by atoms with Crippen LogP contribution in [0.25, 0.3) is 11.0 Å². The number of aryl methyl sites for hydroxylation is 1. The summed E-state index contributed by atoms with van der Waals surface area (Å²) in [5, 5.41) is 0. The molecule has 0 saturated carbocycles. The fraction of sp³-hybridized carbons (Fsp3) is 0.462. The lowest BCUT2D eigenvalue weighted by Crippen LogP contribution is -2.12. The highest BCUT2D eigenvalue weighted by Gasteiger charge is 2.10. The molecule has 6 heteroatoms. The maximum absolute atomic E-state index is 12.0. The topological polar surface area (TPSA) is 53.1 Å². The number of anilines is 1. The van der Waals surface area contributed by atoms with Crippen molar-refractivity contribution >= 4 is 16.7 Å². The lowest BCUT2D eigenvalue weighted by Gasteiger charge is -2.08. The van der Waals surface area contributed by atoms with Crippen molar-refractivity contribution in [2.45, 2.75) is 26.3 Å². The van der Waals surface area contributed by atoms with Gasteiger partial charge in [0.15, 0.2) is 0 Å². The van der Waals surface area contributed by atoms with E-state index in [1.807, 2.05) is 23.6 Å². The smallest absolute Gasteiger partial charge is 0.261 e. The monoisotopic (exact) mass is 269 g/mol. The number of imidazole rings is 1. The van der Waals surface area contributed by atoms with Crippen LogP contribution in [-0.4, -0.2) is 29.2 Å². The highest BCUT2D eigenvalue weighted by molar-refractivity contribution is 5.79. The molecule has 19 heavy (non-hydrogen) atoms. The van der Waals surface area contributed by atoms with E-state index in [1.165, 1.54) is 0 Å². The zero-order valence-electron chi connectivity index (χ0n) is 10.8. The Bertz CT molecular complexity index is 554. The fourth-order valence-corrected chi connectivity index (χ4v) is 2.04. The van der Waals surface area contributed by atoms with Crippen molar-refractivity contribution in [3.8, 4) is 0 Å². The normalized spacial score (nSPS) is 11.6. The third-order valence-electron chi connectivity index (χ3n) is 2.87. The van der Waals surface area contributed by atoms with Crippen LogP contribution < -0.4 is 5.73 Å². The van der Waals surface area contributed by atoms with Gasteiger partial charge in [0, 0.05) is 18.7 Å². The Morgan fingerprint density at radius 2 is 2.21 bits per heavy atom. The predicted molar refractivity (Wildman–Crippen MR) is 70.3 cm³/mol. The number of benzene rings is 1. The van der Waals surface area contributed by atoms with Crippen LogP contribution in [0.4, 0.5) is 14.5 Å². The number of nitrogens with zero attached hydrogens (tertiary/aromatic N) is 2. The predicted octanol–water partition coefficient (Wildman–Crippen LogP) is 2.46. The highest BCUT2D eigenvalue weighted by Crippen LogP contribution is 2.19. The number of rotatable bonds is 6. The highest BCUT2D eigenvalue weighted by atomic mass is 19.3. The quantitative estimate of drug-likeness (QED) is 0.647. The van der Waals surface area contributed by atoms with Gasteiger partial charge >= 0.3 is 0 Å². The molecule has 0 aliphatic carbocycles. The summed E-state index contributed by atoms with van der Waals surface area (Å²) in [6.07, 6.45) is -1.66. The van der Waals surface area contributed by atoms with E-state index in [9.17, 15) is 8.78 Å². The molecule has 0 fully saturated rings. The summed E-state index contributed by atoms with van der Waals surface area (Å²) < 4.78 is 30.9. The molecule has 0 spiro atoms. The molecule has 1 aromatic heterocycles. The standard InChI is InChI=1S/C13H17F2N3O/c1-2-13-17-10-7-9(16)3-4-11(10)18(13)5-6-19-8-12(14)15/h3-4,7,12H,2,5-6,8,16H2,1H3. The Kier molecular flexibility index (Phi) is 4.31. The van der Waals surface area contributed by atoms with Crippen molar-refractivity contribution in [3.05, 3.63) is 24.0 Å². The van der Waals surface area contributed by atoms with E-state index in [0.29, 0.717) is 12.2 Å². The molecule has 2 rings (SSSR count). The van der Waals surface area contributed by atoms with E-state index < -0.39 is 13.0 Å². The summed E-state index contributed by atoms with van der Waals surface area (Å²) in [6, 6.07) is 5.51. The van der Waals surface area contributed by atoms with Gasteiger partial charge in [0.1, 0.15) is 12.4 Å². The van der Waals surface area contributed by atoms with E-state index in [1.54, 1.807) is 6.07 Å². The number of halogens is 2. The first-order valence-corrected chi connectivity index (χ1v) is 6.22. The molecule has 2 aromatic rings. The second kappa shape index (κ2) is 5.97. The average molecular weight is 269 g/mol. The van der Waals surface area contributed by atoms with Crippen LogP contribution in [0.5, 0.6) is 0 Å². The van der Waals surface area contributed by atoms with Crippen molar-refractivity contribution in [3.63, 3.8) is 0 Å². The maximum Gasteiger partial charge on any atom is 0.261 e. The third-order valence-corrected chi connectivity index (χ3v) is 2.87. The van der Waals surface area contributed by atoms with Gasteiger partial charge < -0.3 is 15.0 Å². The maximum atomic E-state index is 12.0. The molecule has 1 heterocycles. The number of hydrogen-bond donors (Lipinski definition) is 1. The number of alkyl halides is 2. The molecule has 0 aliphatic rings. The Morgan fingerprint density at radius 3 is 2.89 bits per heavy atom. The van der Waals surface area contributed by atoms with Crippen LogP contribution in [0.15, 0.2) is 18.2 Å². The number of ether oxygens (including phenoxy) is 1. The number of nitrogen functional groups attached to an aromatic ring is 1. The number of nitrogens with two attached hydrogens (primary N) is 1. The minimum Gasteiger partial charge on any atom is -0.399 e. The molecule has 4 nitrogen and oxygen atoms in total. The van der Waals surface area contributed by atoms with Crippen molar-refractivity contribution in [2.24, 2.45) is 0 Å². The number of fused-ring (bicyclic) bond motifs is 1. The van der Waals surface area contributed by atoms with Crippen molar-refractivity contribution < 1.29 is 13.5 Å². The van der Waals surface area contributed by atoms with Gasteiger partial charge in [-0.05, 0) is 18.2 Å².